The zero-order chi connectivity index (χ0) is 13.1. The maximum absolute atomic E-state index is 11.9. The van der Waals surface area contributed by atoms with E-state index in [2.05, 4.69) is 4.98 Å². The molecule has 96 valence electrons. The first-order valence-electron chi connectivity index (χ1n) is 5.66. The van der Waals surface area contributed by atoms with E-state index < -0.39 is 6.29 Å². The number of rotatable bonds is 5. The highest BCUT2D eigenvalue weighted by Gasteiger charge is 2.19. The molecule has 5 nitrogen and oxygen atoms in total. The van der Waals surface area contributed by atoms with Gasteiger partial charge in [0.1, 0.15) is 5.82 Å². The van der Waals surface area contributed by atoms with Crippen molar-refractivity contribution in [1.82, 2.24) is 9.55 Å². The molecule has 0 unspecified atom stereocenters. The first-order valence-corrected chi connectivity index (χ1v) is 5.66. The van der Waals surface area contributed by atoms with E-state index in [0.29, 0.717) is 5.82 Å². The van der Waals surface area contributed by atoms with Gasteiger partial charge in [-0.2, -0.15) is 0 Å². The molecule has 0 saturated heterocycles. The van der Waals surface area contributed by atoms with Crippen molar-refractivity contribution in [3.8, 4) is 0 Å². The van der Waals surface area contributed by atoms with Crippen molar-refractivity contribution < 1.29 is 14.3 Å². The lowest BCUT2D eigenvalue weighted by Gasteiger charge is -2.11. The average Bonchev–Trinajstić information content (AvgIpc) is 2.68. The normalized spacial score (nSPS) is 11.3. The van der Waals surface area contributed by atoms with Crippen molar-refractivity contribution in [2.45, 2.75) is 12.7 Å². The van der Waals surface area contributed by atoms with Gasteiger partial charge in [0.25, 0.3) is 0 Å². The van der Waals surface area contributed by atoms with Gasteiger partial charge in [-0.3, -0.25) is 4.79 Å². The van der Waals surface area contributed by atoms with Gasteiger partial charge < -0.3 is 14.0 Å². The summed E-state index contributed by atoms with van der Waals surface area (Å²) in [5.74, 6) is 0.568. The van der Waals surface area contributed by atoms with E-state index in [0.717, 1.165) is 11.0 Å². The van der Waals surface area contributed by atoms with Crippen LogP contribution < -0.4 is 0 Å². The molecule has 0 amide bonds. The molecule has 0 N–H and O–H groups in total. The second-order valence-corrected chi connectivity index (χ2v) is 4.02. The van der Waals surface area contributed by atoms with Crippen molar-refractivity contribution >= 4 is 16.8 Å². The third-order valence-electron chi connectivity index (χ3n) is 2.90. The zero-order valence-corrected chi connectivity index (χ0v) is 10.7. The Bertz CT molecular complexity index is 558. The molecule has 0 aliphatic carbocycles. The number of aromatic nitrogens is 2. The molecule has 0 saturated carbocycles. The van der Waals surface area contributed by atoms with Gasteiger partial charge in [0.15, 0.2) is 5.78 Å². The summed E-state index contributed by atoms with van der Waals surface area (Å²) >= 11 is 0. The molecular formula is C13H16N2O3. The lowest BCUT2D eigenvalue weighted by Crippen LogP contribution is -2.27. The van der Waals surface area contributed by atoms with Crippen molar-refractivity contribution in [2.24, 2.45) is 7.05 Å². The van der Waals surface area contributed by atoms with Gasteiger partial charge >= 0.3 is 0 Å². The number of carbonyl (C=O) groups excluding carboxylic acids is 1. The minimum absolute atomic E-state index is 0.140. The molecule has 1 aromatic heterocycles. The molecule has 0 bridgehead atoms. The summed E-state index contributed by atoms with van der Waals surface area (Å²) in [5, 5.41) is 0. The highest BCUT2D eigenvalue weighted by molar-refractivity contribution is 5.85. The molecule has 0 spiro atoms. The Morgan fingerprint density at radius 3 is 2.61 bits per heavy atom. The van der Waals surface area contributed by atoms with Crippen LogP contribution in [0.25, 0.3) is 11.0 Å². The van der Waals surface area contributed by atoms with Gasteiger partial charge in [-0.25, -0.2) is 4.98 Å². The molecule has 18 heavy (non-hydrogen) atoms. The van der Waals surface area contributed by atoms with Crippen LogP contribution in [0.5, 0.6) is 0 Å². The van der Waals surface area contributed by atoms with E-state index in [1.54, 1.807) is 0 Å². The van der Waals surface area contributed by atoms with Gasteiger partial charge in [0.2, 0.25) is 6.29 Å². The molecule has 0 aliphatic rings. The molecule has 1 aromatic carbocycles. The zero-order valence-electron chi connectivity index (χ0n) is 10.7. The summed E-state index contributed by atoms with van der Waals surface area (Å²) in [4.78, 5) is 16.3. The fourth-order valence-electron chi connectivity index (χ4n) is 1.95. The van der Waals surface area contributed by atoms with E-state index in [1.165, 1.54) is 14.2 Å². The fraction of sp³-hybridized carbons (Fsp3) is 0.385. The van der Waals surface area contributed by atoms with E-state index in [9.17, 15) is 4.79 Å². The second kappa shape index (κ2) is 5.29. The quantitative estimate of drug-likeness (QED) is 0.748. The molecule has 2 rings (SSSR count). The number of nitrogens with zero attached hydrogens (tertiary/aromatic N) is 2. The van der Waals surface area contributed by atoms with Crippen molar-refractivity contribution in [3.63, 3.8) is 0 Å². The third-order valence-corrected chi connectivity index (χ3v) is 2.90. The Balaban J connectivity index is 2.27. The van der Waals surface area contributed by atoms with Crippen LogP contribution in [-0.4, -0.2) is 35.8 Å². The predicted octanol–water partition coefficient (Wildman–Crippen LogP) is 1.30. The summed E-state index contributed by atoms with van der Waals surface area (Å²) in [6, 6.07) is 7.77. The fourth-order valence-corrected chi connectivity index (χ4v) is 1.95. The van der Waals surface area contributed by atoms with E-state index in [1.807, 2.05) is 35.9 Å². The number of aryl methyl sites for hydroxylation is 1. The van der Waals surface area contributed by atoms with E-state index >= 15 is 0 Å². The monoisotopic (exact) mass is 248 g/mol. The molecule has 5 heteroatoms. The van der Waals surface area contributed by atoms with Crippen LogP contribution in [0, 0.1) is 0 Å². The second-order valence-electron chi connectivity index (χ2n) is 4.02. The van der Waals surface area contributed by atoms with Gasteiger partial charge in [-0.05, 0) is 12.1 Å². The maximum atomic E-state index is 11.9. The minimum atomic E-state index is -0.829. The maximum Gasteiger partial charge on any atom is 0.217 e. The van der Waals surface area contributed by atoms with Gasteiger partial charge in [0, 0.05) is 21.3 Å². The largest absolute Gasteiger partial charge is 0.349 e. The molecule has 0 fully saturated rings. The number of ether oxygens (including phenoxy) is 2. The topological polar surface area (TPSA) is 53.4 Å². The number of para-hydroxylation sites is 2. The average molecular weight is 248 g/mol. The Hall–Kier alpha value is -1.72. The predicted molar refractivity (Wildman–Crippen MR) is 67.2 cm³/mol. The van der Waals surface area contributed by atoms with Crippen LogP contribution >= 0.6 is 0 Å². The lowest BCUT2D eigenvalue weighted by atomic mass is 10.2. The molecular weight excluding hydrogens is 232 g/mol. The van der Waals surface area contributed by atoms with Crippen LogP contribution in [0.3, 0.4) is 0 Å². The van der Waals surface area contributed by atoms with Crippen molar-refractivity contribution in [2.75, 3.05) is 14.2 Å². The summed E-state index contributed by atoms with van der Waals surface area (Å²) in [5.41, 5.74) is 1.89. The summed E-state index contributed by atoms with van der Waals surface area (Å²) in [7, 11) is 4.79. The first-order chi connectivity index (χ1) is 8.67. The number of Topliss-reactive ketones (excluding diaryl/α,β-unsaturated/α-hetero) is 1. The Morgan fingerprint density at radius 1 is 1.33 bits per heavy atom. The van der Waals surface area contributed by atoms with E-state index in [4.69, 9.17) is 9.47 Å². The number of fused-ring (bicyclic) bond motifs is 1. The van der Waals surface area contributed by atoms with E-state index in [-0.39, 0.29) is 12.2 Å². The Labute approximate surface area is 105 Å². The van der Waals surface area contributed by atoms with Crippen LogP contribution in [0.4, 0.5) is 0 Å². The van der Waals surface area contributed by atoms with Crippen LogP contribution in [-0.2, 0) is 27.7 Å². The minimum Gasteiger partial charge on any atom is -0.349 e. The Kier molecular flexibility index (Phi) is 3.74. The van der Waals surface area contributed by atoms with Gasteiger partial charge in [-0.15, -0.1) is 0 Å². The number of hydrogen-bond acceptors (Lipinski definition) is 4. The number of hydrogen-bond donors (Lipinski definition) is 0. The van der Waals surface area contributed by atoms with Crippen LogP contribution in [0.2, 0.25) is 0 Å². The van der Waals surface area contributed by atoms with Crippen molar-refractivity contribution in [3.05, 3.63) is 30.1 Å². The number of methoxy groups -OCH3 is 2. The Morgan fingerprint density at radius 2 is 2.00 bits per heavy atom. The van der Waals surface area contributed by atoms with Gasteiger partial charge in [-0.1, -0.05) is 12.1 Å². The molecule has 0 aliphatic heterocycles. The number of benzene rings is 1. The van der Waals surface area contributed by atoms with Gasteiger partial charge in [0.05, 0.1) is 17.5 Å². The number of carbonyl (C=O) groups is 1. The molecule has 0 atom stereocenters. The standard InChI is InChI=1S/C13H16N2O3/c1-15-10-7-5-4-6-9(10)14-12(15)8-11(16)13(17-2)18-3/h4-7,13H,8H2,1-3H3. The lowest BCUT2D eigenvalue weighted by molar-refractivity contribution is -0.156. The SMILES string of the molecule is COC(OC)C(=O)Cc1nc2ccccc2n1C. The highest BCUT2D eigenvalue weighted by Crippen LogP contribution is 2.15. The summed E-state index contributed by atoms with van der Waals surface area (Å²) < 4.78 is 11.8. The van der Waals surface area contributed by atoms with Crippen molar-refractivity contribution in [1.29, 1.82) is 0 Å². The summed E-state index contributed by atoms with van der Waals surface area (Å²) in [6.45, 7) is 0. The molecule has 0 radical (unpaired) electrons. The first kappa shape index (κ1) is 12.7. The highest BCUT2D eigenvalue weighted by atomic mass is 16.7. The molecule has 2 aromatic rings. The smallest absolute Gasteiger partial charge is 0.217 e. The van der Waals surface area contributed by atoms with Crippen LogP contribution in [0.1, 0.15) is 5.82 Å². The number of imidazole rings is 1. The third kappa shape index (κ3) is 2.27. The molecule has 1 heterocycles. The number of ketones is 1. The van der Waals surface area contributed by atoms with Crippen LogP contribution in [0.15, 0.2) is 24.3 Å². The summed E-state index contributed by atoms with van der Waals surface area (Å²) in [6.07, 6.45) is -0.637.